The Kier molecular flexibility index (Phi) is 10.2. The third-order valence-electron chi connectivity index (χ3n) is 6.72. The summed E-state index contributed by atoms with van der Waals surface area (Å²) < 4.78 is 99.5. The molecule has 3 rings (SSSR count). The van der Waals surface area contributed by atoms with E-state index in [2.05, 4.69) is 0 Å². The van der Waals surface area contributed by atoms with E-state index in [9.17, 15) is 35.5 Å². The number of ether oxygens (including phenoxy) is 1. The number of alkyl halides is 3. The molecule has 0 heterocycles. The fraction of sp³-hybridized carbons (Fsp3) is 0.400. The molecular formula is C30H34F5NO4S. The van der Waals surface area contributed by atoms with Crippen molar-refractivity contribution in [1.82, 2.24) is 4.90 Å². The zero-order valence-corrected chi connectivity index (χ0v) is 24.1. The van der Waals surface area contributed by atoms with Gasteiger partial charge in [-0.15, -0.1) is 0 Å². The second-order valence-corrected chi connectivity index (χ2v) is 12.7. The van der Waals surface area contributed by atoms with Gasteiger partial charge in [-0.25, -0.2) is 17.2 Å². The molecule has 0 aliphatic rings. The van der Waals surface area contributed by atoms with Crippen molar-refractivity contribution in [3.05, 3.63) is 94.6 Å². The third kappa shape index (κ3) is 8.50. The van der Waals surface area contributed by atoms with Crippen molar-refractivity contribution in [3.63, 3.8) is 0 Å². The molecule has 3 aromatic carbocycles. The summed E-state index contributed by atoms with van der Waals surface area (Å²) >= 11 is 0. The lowest BCUT2D eigenvalue weighted by molar-refractivity contribution is -0.140. The van der Waals surface area contributed by atoms with Gasteiger partial charge in [0.25, 0.3) is 0 Å². The van der Waals surface area contributed by atoms with E-state index in [1.807, 2.05) is 49.1 Å². The predicted molar refractivity (Wildman–Crippen MR) is 146 cm³/mol. The Labute approximate surface area is 237 Å². The minimum Gasteiger partial charge on any atom is -0.493 e. The van der Waals surface area contributed by atoms with Crippen LogP contribution in [-0.4, -0.2) is 44.4 Å². The van der Waals surface area contributed by atoms with Crippen LogP contribution in [0.4, 0.5) is 22.0 Å². The molecular weight excluding hydrogens is 565 g/mol. The molecule has 0 aromatic heterocycles. The SMILES string of the molecule is CC(O)c1c(F)cc(OCCCN(Cc2cccc(C(F)(F)F)c2F)CC(C)(C)c2ccccc2)cc1S(C)(=O)=O. The number of aliphatic hydroxyl groups excluding tert-OH is 1. The second kappa shape index (κ2) is 12.9. The van der Waals surface area contributed by atoms with Crippen LogP contribution in [0.25, 0.3) is 0 Å². The zero-order chi connectivity index (χ0) is 30.6. The molecule has 5 nitrogen and oxygen atoms in total. The Hall–Kier alpha value is -3.02. The Morgan fingerprint density at radius 3 is 2.24 bits per heavy atom. The molecule has 0 bridgehead atoms. The maximum atomic E-state index is 14.9. The highest BCUT2D eigenvalue weighted by atomic mass is 32.2. The van der Waals surface area contributed by atoms with E-state index in [0.29, 0.717) is 25.6 Å². The molecule has 224 valence electrons. The molecule has 1 unspecified atom stereocenters. The van der Waals surface area contributed by atoms with Crippen molar-refractivity contribution < 1.29 is 40.2 Å². The van der Waals surface area contributed by atoms with E-state index in [0.717, 1.165) is 24.0 Å². The van der Waals surface area contributed by atoms with Gasteiger partial charge in [0.2, 0.25) is 0 Å². The third-order valence-corrected chi connectivity index (χ3v) is 7.86. The molecule has 0 fully saturated rings. The molecule has 0 aliphatic carbocycles. The average Bonchev–Trinajstić information content (AvgIpc) is 2.86. The number of halogens is 5. The summed E-state index contributed by atoms with van der Waals surface area (Å²) in [5, 5.41) is 9.85. The lowest BCUT2D eigenvalue weighted by atomic mass is 9.84. The normalized spacial score (nSPS) is 13.4. The number of aliphatic hydroxyl groups is 1. The first kappa shape index (κ1) is 32.5. The Morgan fingerprint density at radius 1 is 1.00 bits per heavy atom. The topological polar surface area (TPSA) is 66.8 Å². The largest absolute Gasteiger partial charge is 0.493 e. The molecule has 0 spiro atoms. The standard InChI is InChI=1S/C30H34F5NO4S/c1-20(37)27-25(31)16-23(17-26(27)41(4,38)39)40-15-9-14-36(19-29(2,3)22-11-6-5-7-12-22)18-21-10-8-13-24(28(21)32)30(33,34)35/h5-8,10-13,16-17,20,37H,9,14-15,18-19H2,1-4H3. The summed E-state index contributed by atoms with van der Waals surface area (Å²) in [6, 6.07) is 14.9. The summed E-state index contributed by atoms with van der Waals surface area (Å²) in [4.78, 5) is 1.45. The van der Waals surface area contributed by atoms with Crippen molar-refractivity contribution in [2.75, 3.05) is 26.0 Å². The second-order valence-electron chi connectivity index (χ2n) is 10.7. The number of sulfone groups is 1. The smallest absolute Gasteiger partial charge is 0.419 e. The van der Waals surface area contributed by atoms with Crippen LogP contribution in [0.15, 0.2) is 65.6 Å². The molecule has 0 radical (unpaired) electrons. The quantitative estimate of drug-likeness (QED) is 0.186. The van der Waals surface area contributed by atoms with E-state index >= 15 is 0 Å². The molecule has 11 heteroatoms. The summed E-state index contributed by atoms with van der Waals surface area (Å²) in [7, 11) is -3.87. The van der Waals surface area contributed by atoms with Gasteiger partial charge in [-0.2, -0.15) is 13.2 Å². The van der Waals surface area contributed by atoms with E-state index in [1.54, 1.807) is 0 Å². The van der Waals surface area contributed by atoms with Crippen LogP contribution in [0.2, 0.25) is 0 Å². The van der Waals surface area contributed by atoms with E-state index in [4.69, 9.17) is 4.74 Å². The highest BCUT2D eigenvalue weighted by Gasteiger charge is 2.35. The summed E-state index contributed by atoms with van der Waals surface area (Å²) in [6.07, 6.45) is -4.96. The first-order valence-corrected chi connectivity index (χ1v) is 14.9. The van der Waals surface area contributed by atoms with Crippen molar-refractivity contribution in [2.24, 2.45) is 0 Å². The van der Waals surface area contributed by atoms with Crippen LogP contribution < -0.4 is 4.74 Å². The van der Waals surface area contributed by atoms with Crippen molar-refractivity contribution in [3.8, 4) is 5.75 Å². The Morgan fingerprint density at radius 2 is 1.66 bits per heavy atom. The monoisotopic (exact) mass is 599 g/mol. The van der Waals surface area contributed by atoms with E-state index in [1.165, 1.54) is 19.1 Å². The van der Waals surface area contributed by atoms with Crippen LogP contribution in [0.1, 0.15) is 55.5 Å². The lowest BCUT2D eigenvalue weighted by Gasteiger charge is -2.33. The van der Waals surface area contributed by atoms with Gasteiger partial charge in [0.1, 0.15) is 17.4 Å². The molecule has 41 heavy (non-hydrogen) atoms. The molecule has 0 amide bonds. The highest BCUT2D eigenvalue weighted by molar-refractivity contribution is 7.90. The fourth-order valence-electron chi connectivity index (χ4n) is 4.76. The van der Waals surface area contributed by atoms with Crippen LogP contribution in [0.5, 0.6) is 5.75 Å². The molecule has 1 N–H and O–H groups in total. The van der Waals surface area contributed by atoms with Gasteiger partial charge in [0.15, 0.2) is 9.84 Å². The maximum absolute atomic E-state index is 14.9. The summed E-state index contributed by atoms with van der Waals surface area (Å²) in [5.41, 5.74) is -1.22. The van der Waals surface area contributed by atoms with Crippen LogP contribution in [-0.2, 0) is 28.0 Å². The highest BCUT2D eigenvalue weighted by Crippen LogP contribution is 2.34. The van der Waals surface area contributed by atoms with E-state index < -0.39 is 44.7 Å². The van der Waals surface area contributed by atoms with Gasteiger partial charge < -0.3 is 9.84 Å². The first-order chi connectivity index (χ1) is 19.0. The van der Waals surface area contributed by atoms with Gasteiger partial charge in [-0.3, -0.25) is 4.90 Å². The fourth-order valence-corrected chi connectivity index (χ4v) is 5.76. The van der Waals surface area contributed by atoms with E-state index in [-0.39, 0.29) is 34.9 Å². The van der Waals surface area contributed by atoms with Gasteiger partial charge >= 0.3 is 6.18 Å². The minimum absolute atomic E-state index is 0.0179. The number of rotatable bonds is 12. The van der Waals surface area contributed by atoms with Gasteiger partial charge in [0, 0.05) is 48.5 Å². The van der Waals surface area contributed by atoms with Crippen LogP contribution in [0.3, 0.4) is 0 Å². The predicted octanol–water partition coefficient (Wildman–Crippen LogP) is 6.69. The van der Waals surface area contributed by atoms with Crippen molar-refractivity contribution in [1.29, 1.82) is 0 Å². The van der Waals surface area contributed by atoms with Crippen molar-refractivity contribution >= 4 is 9.84 Å². The molecule has 0 aliphatic heterocycles. The maximum Gasteiger partial charge on any atom is 0.419 e. The lowest BCUT2D eigenvalue weighted by Crippen LogP contribution is -2.38. The van der Waals surface area contributed by atoms with Gasteiger partial charge in [-0.1, -0.05) is 56.3 Å². The number of benzene rings is 3. The van der Waals surface area contributed by atoms with Gasteiger partial charge in [-0.05, 0) is 31.0 Å². The average molecular weight is 600 g/mol. The number of hydrogen-bond donors (Lipinski definition) is 1. The first-order valence-electron chi connectivity index (χ1n) is 13.0. The molecule has 0 saturated heterocycles. The number of nitrogens with zero attached hydrogens (tertiary/aromatic N) is 1. The summed E-state index contributed by atoms with van der Waals surface area (Å²) in [6.45, 7) is 5.81. The minimum atomic E-state index is -4.83. The molecule has 1 atom stereocenters. The molecule has 0 saturated carbocycles. The van der Waals surface area contributed by atoms with Crippen LogP contribution in [0, 0.1) is 11.6 Å². The van der Waals surface area contributed by atoms with Crippen LogP contribution >= 0.6 is 0 Å². The summed E-state index contributed by atoms with van der Waals surface area (Å²) in [5.74, 6) is -2.29. The van der Waals surface area contributed by atoms with Gasteiger partial charge in [0.05, 0.1) is 23.2 Å². The Bertz CT molecular complexity index is 1440. The molecule has 3 aromatic rings. The van der Waals surface area contributed by atoms with Crippen molar-refractivity contribution in [2.45, 2.75) is 56.3 Å². The Balaban J connectivity index is 1.81. The number of hydrogen-bond acceptors (Lipinski definition) is 5. The zero-order valence-electron chi connectivity index (χ0n) is 23.3.